The molecular formula is C14H16. The molecule has 0 nitrogen and oxygen atoms in total. The molecule has 0 radical (unpaired) electrons. The highest BCUT2D eigenvalue weighted by molar-refractivity contribution is 5.54. The Hall–Kier alpha value is -1.04. The van der Waals surface area contributed by atoms with Crippen LogP contribution in [0.15, 0.2) is 46.6 Å². The molecule has 0 saturated carbocycles. The molecule has 1 unspecified atom stereocenters. The topological polar surface area (TPSA) is 0 Å². The van der Waals surface area contributed by atoms with Gasteiger partial charge in [-0.2, -0.15) is 0 Å². The molecule has 0 spiro atoms. The first-order chi connectivity index (χ1) is 6.83. The van der Waals surface area contributed by atoms with E-state index < -0.39 is 0 Å². The average molecular weight is 184 g/mol. The standard InChI is InChI=1S/C14H16/c1-10-6-13-8-11-4-2-3-5-12(11)9-14(13)7-10/h2,4-5,8,10H,3,6-7,9H2,1H3. The van der Waals surface area contributed by atoms with Crippen LogP contribution in [0.1, 0.15) is 32.6 Å². The van der Waals surface area contributed by atoms with Gasteiger partial charge in [0.25, 0.3) is 0 Å². The van der Waals surface area contributed by atoms with Crippen molar-refractivity contribution in [2.45, 2.75) is 32.6 Å². The monoisotopic (exact) mass is 184 g/mol. The number of fused-ring (bicyclic) bond motifs is 1. The van der Waals surface area contributed by atoms with Crippen LogP contribution in [0.4, 0.5) is 0 Å². The Morgan fingerprint density at radius 1 is 1.29 bits per heavy atom. The first-order valence-corrected chi connectivity index (χ1v) is 5.61. The second kappa shape index (κ2) is 2.98. The Morgan fingerprint density at radius 3 is 3.14 bits per heavy atom. The normalized spacial score (nSPS) is 29.6. The predicted molar refractivity (Wildman–Crippen MR) is 60.0 cm³/mol. The van der Waals surface area contributed by atoms with Crippen LogP contribution in [0, 0.1) is 5.92 Å². The minimum absolute atomic E-state index is 0.876. The molecule has 72 valence electrons. The molecule has 0 bridgehead atoms. The van der Waals surface area contributed by atoms with Crippen LogP contribution in [0.5, 0.6) is 0 Å². The number of allylic oxidation sites excluding steroid dienone is 8. The lowest BCUT2D eigenvalue weighted by Crippen LogP contribution is -2.00. The highest BCUT2D eigenvalue weighted by atomic mass is 14.3. The van der Waals surface area contributed by atoms with Crippen LogP contribution in [-0.2, 0) is 0 Å². The molecule has 3 aliphatic carbocycles. The lowest BCUT2D eigenvalue weighted by Gasteiger charge is -2.19. The van der Waals surface area contributed by atoms with Gasteiger partial charge in [0, 0.05) is 0 Å². The van der Waals surface area contributed by atoms with Crippen LogP contribution in [-0.4, -0.2) is 0 Å². The summed E-state index contributed by atoms with van der Waals surface area (Å²) >= 11 is 0. The minimum atomic E-state index is 0.876. The van der Waals surface area contributed by atoms with Crippen molar-refractivity contribution in [1.82, 2.24) is 0 Å². The second-order valence-corrected chi connectivity index (χ2v) is 4.79. The van der Waals surface area contributed by atoms with Crippen LogP contribution >= 0.6 is 0 Å². The highest BCUT2D eigenvalue weighted by Crippen LogP contribution is 2.42. The Morgan fingerprint density at radius 2 is 2.21 bits per heavy atom. The molecule has 1 atom stereocenters. The Bertz CT molecular complexity index is 388. The van der Waals surface area contributed by atoms with Crippen LogP contribution < -0.4 is 0 Å². The predicted octanol–water partition coefficient (Wildman–Crippen LogP) is 3.93. The third-order valence-electron chi connectivity index (χ3n) is 3.52. The number of hydrogen-bond acceptors (Lipinski definition) is 0. The van der Waals surface area contributed by atoms with Gasteiger partial charge >= 0.3 is 0 Å². The van der Waals surface area contributed by atoms with Crippen LogP contribution in [0.25, 0.3) is 0 Å². The summed E-state index contributed by atoms with van der Waals surface area (Å²) in [5.74, 6) is 0.876. The summed E-state index contributed by atoms with van der Waals surface area (Å²) in [6, 6.07) is 0. The maximum atomic E-state index is 2.42. The van der Waals surface area contributed by atoms with Crippen molar-refractivity contribution >= 4 is 0 Å². The van der Waals surface area contributed by atoms with E-state index >= 15 is 0 Å². The molecule has 0 N–H and O–H groups in total. The fourth-order valence-corrected chi connectivity index (χ4v) is 2.85. The van der Waals surface area contributed by atoms with E-state index in [9.17, 15) is 0 Å². The largest absolute Gasteiger partial charge is 0.0801 e. The summed E-state index contributed by atoms with van der Waals surface area (Å²) < 4.78 is 0. The maximum absolute atomic E-state index is 2.42. The molecule has 0 aliphatic heterocycles. The smallest absolute Gasteiger partial charge is 0.00583 e. The zero-order chi connectivity index (χ0) is 9.54. The van der Waals surface area contributed by atoms with Gasteiger partial charge in [-0.05, 0) is 48.3 Å². The van der Waals surface area contributed by atoms with E-state index in [4.69, 9.17) is 0 Å². The summed E-state index contributed by atoms with van der Waals surface area (Å²) in [6.45, 7) is 2.37. The fraction of sp³-hybridized carbons (Fsp3) is 0.429. The van der Waals surface area contributed by atoms with Gasteiger partial charge in [0.1, 0.15) is 0 Å². The molecule has 14 heavy (non-hydrogen) atoms. The Labute approximate surface area is 85.7 Å². The van der Waals surface area contributed by atoms with E-state index in [-0.39, 0.29) is 0 Å². The first kappa shape index (κ1) is 8.28. The molecule has 3 aliphatic rings. The molecule has 0 heterocycles. The van der Waals surface area contributed by atoms with E-state index in [1.54, 1.807) is 16.7 Å². The van der Waals surface area contributed by atoms with E-state index in [0.717, 1.165) is 12.3 Å². The molecule has 0 fully saturated rings. The molecule has 0 aromatic heterocycles. The van der Waals surface area contributed by atoms with Crippen molar-refractivity contribution in [3.63, 3.8) is 0 Å². The Balaban J connectivity index is 1.99. The van der Waals surface area contributed by atoms with Crippen molar-refractivity contribution in [2.24, 2.45) is 5.92 Å². The Kier molecular flexibility index (Phi) is 1.76. The molecule has 0 saturated heterocycles. The van der Waals surface area contributed by atoms with Crippen molar-refractivity contribution in [3.8, 4) is 0 Å². The van der Waals surface area contributed by atoms with Crippen LogP contribution in [0.3, 0.4) is 0 Å². The number of rotatable bonds is 0. The quantitative estimate of drug-likeness (QED) is 0.535. The lowest BCUT2D eigenvalue weighted by atomic mass is 9.86. The highest BCUT2D eigenvalue weighted by Gasteiger charge is 2.24. The SMILES string of the molecule is CC1CC2=C(CC3=CCC=CC3=C2)C1. The average Bonchev–Trinajstić information content (AvgIpc) is 2.53. The zero-order valence-electron chi connectivity index (χ0n) is 8.72. The minimum Gasteiger partial charge on any atom is -0.0801 e. The maximum Gasteiger partial charge on any atom is -0.00583 e. The summed E-state index contributed by atoms with van der Waals surface area (Å²) in [6.07, 6.45) is 14.4. The van der Waals surface area contributed by atoms with E-state index in [2.05, 4.69) is 31.2 Å². The second-order valence-electron chi connectivity index (χ2n) is 4.79. The summed E-state index contributed by atoms with van der Waals surface area (Å²) in [5.41, 5.74) is 6.39. The van der Waals surface area contributed by atoms with E-state index in [1.807, 2.05) is 0 Å². The molecular weight excluding hydrogens is 168 g/mol. The molecule has 0 amide bonds. The van der Waals surface area contributed by atoms with E-state index in [1.165, 1.54) is 24.8 Å². The van der Waals surface area contributed by atoms with Crippen LogP contribution in [0.2, 0.25) is 0 Å². The zero-order valence-corrected chi connectivity index (χ0v) is 8.72. The third kappa shape index (κ3) is 1.21. The van der Waals surface area contributed by atoms with Gasteiger partial charge in [-0.1, -0.05) is 36.8 Å². The van der Waals surface area contributed by atoms with Crippen molar-refractivity contribution in [1.29, 1.82) is 0 Å². The lowest BCUT2D eigenvalue weighted by molar-refractivity contribution is 0.620. The van der Waals surface area contributed by atoms with E-state index in [0.29, 0.717) is 0 Å². The molecule has 0 aromatic carbocycles. The summed E-state index contributed by atoms with van der Waals surface area (Å²) in [5, 5.41) is 0. The van der Waals surface area contributed by atoms with Crippen molar-refractivity contribution < 1.29 is 0 Å². The van der Waals surface area contributed by atoms with Gasteiger partial charge in [-0.25, -0.2) is 0 Å². The molecule has 3 rings (SSSR count). The summed E-state index contributed by atoms with van der Waals surface area (Å²) in [4.78, 5) is 0. The molecule has 0 aromatic rings. The fourth-order valence-electron chi connectivity index (χ4n) is 2.85. The van der Waals surface area contributed by atoms with Gasteiger partial charge in [0.2, 0.25) is 0 Å². The van der Waals surface area contributed by atoms with Gasteiger partial charge in [-0.3, -0.25) is 0 Å². The van der Waals surface area contributed by atoms with Gasteiger partial charge in [-0.15, -0.1) is 0 Å². The van der Waals surface area contributed by atoms with Crippen molar-refractivity contribution in [3.05, 3.63) is 46.6 Å². The number of hydrogen-bond donors (Lipinski definition) is 0. The molecule has 0 heteroatoms. The third-order valence-corrected chi connectivity index (χ3v) is 3.52. The summed E-state index contributed by atoms with van der Waals surface area (Å²) in [7, 11) is 0. The van der Waals surface area contributed by atoms with Gasteiger partial charge in [0.05, 0.1) is 0 Å². The first-order valence-electron chi connectivity index (χ1n) is 5.61. The van der Waals surface area contributed by atoms with Gasteiger partial charge in [0.15, 0.2) is 0 Å². The van der Waals surface area contributed by atoms with Crippen molar-refractivity contribution in [2.75, 3.05) is 0 Å². The van der Waals surface area contributed by atoms with Gasteiger partial charge < -0.3 is 0 Å².